The first-order chi connectivity index (χ1) is 8.72. The van der Waals surface area contributed by atoms with Gasteiger partial charge >= 0.3 is 0 Å². The number of nitrogens with zero attached hydrogens (tertiary/aromatic N) is 3. The lowest BCUT2D eigenvalue weighted by Crippen LogP contribution is -2.16. The van der Waals surface area contributed by atoms with Crippen LogP contribution in [0.15, 0.2) is 18.7 Å². The van der Waals surface area contributed by atoms with E-state index >= 15 is 0 Å². The second-order valence-electron chi connectivity index (χ2n) is 3.60. The zero-order valence-corrected chi connectivity index (χ0v) is 11.1. The van der Waals surface area contributed by atoms with Crippen LogP contribution in [0, 0.1) is 0 Å². The lowest BCUT2D eigenvalue weighted by Gasteiger charge is -1.90. The summed E-state index contributed by atoms with van der Waals surface area (Å²) in [5.41, 5.74) is 0.883. The molecular weight excluding hydrogens is 248 g/mol. The number of carbonyl (C=O) groups excluding carboxylic acids is 1. The number of aryl methyl sites for hydroxylation is 1. The van der Waals surface area contributed by atoms with Gasteiger partial charge in [0.05, 0.1) is 18.2 Å². The molecule has 0 radical (unpaired) electrons. The van der Waals surface area contributed by atoms with Crippen LogP contribution in [0.1, 0.15) is 27.3 Å². The molecule has 0 aliphatic heterocycles. The lowest BCUT2D eigenvalue weighted by atomic mass is 10.4. The number of hydrogen-bond acceptors (Lipinski definition) is 4. The van der Waals surface area contributed by atoms with Crippen molar-refractivity contribution in [1.29, 1.82) is 0 Å². The van der Waals surface area contributed by atoms with E-state index in [4.69, 9.17) is 0 Å². The SMILES string of the molecule is CCn1cnc(/C=C/c2ncc(C(=O)NC)s2)c1. The lowest BCUT2D eigenvalue weighted by molar-refractivity contribution is 0.0967. The number of aromatic nitrogens is 3. The van der Waals surface area contributed by atoms with Crippen LogP contribution >= 0.6 is 11.3 Å². The van der Waals surface area contributed by atoms with E-state index < -0.39 is 0 Å². The molecule has 0 spiro atoms. The third-order valence-electron chi connectivity index (χ3n) is 2.39. The average Bonchev–Trinajstić information content (AvgIpc) is 3.04. The highest BCUT2D eigenvalue weighted by molar-refractivity contribution is 7.14. The van der Waals surface area contributed by atoms with Gasteiger partial charge in [-0.25, -0.2) is 9.97 Å². The van der Waals surface area contributed by atoms with Crippen LogP contribution in [-0.2, 0) is 6.54 Å². The van der Waals surface area contributed by atoms with E-state index in [2.05, 4.69) is 22.2 Å². The number of amides is 1. The average molecular weight is 262 g/mol. The molecule has 0 fully saturated rings. The first-order valence-corrected chi connectivity index (χ1v) is 6.42. The second-order valence-corrected chi connectivity index (χ2v) is 4.67. The summed E-state index contributed by atoms with van der Waals surface area (Å²) in [6, 6.07) is 0. The van der Waals surface area contributed by atoms with Crippen molar-refractivity contribution in [3.8, 4) is 0 Å². The van der Waals surface area contributed by atoms with Gasteiger partial charge in [0.1, 0.15) is 9.88 Å². The van der Waals surface area contributed by atoms with Gasteiger partial charge in [-0.1, -0.05) is 0 Å². The molecule has 0 saturated heterocycles. The maximum Gasteiger partial charge on any atom is 0.262 e. The summed E-state index contributed by atoms with van der Waals surface area (Å²) in [6.07, 6.45) is 9.08. The maximum absolute atomic E-state index is 11.4. The molecule has 0 aliphatic rings. The number of imidazole rings is 1. The van der Waals surface area contributed by atoms with E-state index in [0.717, 1.165) is 17.2 Å². The fourth-order valence-corrected chi connectivity index (χ4v) is 2.15. The molecule has 6 heteroatoms. The molecule has 0 unspecified atom stereocenters. The van der Waals surface area contributed by atoms with E-state index in [9.17, 15) is 4.79 Å². The molecule has 0 atom stereocenters. The normalized spacial score (nSPS) is 11.0. The van der Waals surface area contributed by atoms with E-state index in [-0.39, 0.29) is 5.91 Å². The molecule has 0 bridgehead atoms. The quantitative estimate of drug-likeness (QED) is 0.915. The molecule has 18 heavy (non-hydrogen) atoms. The molecule has 1 amide bonds. The molecule has 2 heterocycles. The van der Waals surface area contributed by atoms with Crippen LogP contribution in [-0.4, -0.2) is 27.5 Å². The van der Waals surface area contributed by atoms with E-state index in [1.54, 1.807) is 19.6 Å². The van der Waals surface area contributed by atoms with Gasteiger partial charge < -0.3 is 9.88 Å². The minimum absolute atomic E-state index is 0.109. The van der Waals surface area contributed by atoms with E-state index in [1.807, 2.05) is 22.9 Å². The Morgan fingerprint density at radius 1 is 1.50 bits per heavy atom. The molecule has 5 nitrogen and oxygen atoms in total. The Balaban J connectivity index is 2.09. The molecule has 2 rings (SSSR count). The summed E-state index contributed by atoms with van der Waals surface area (Å²) in [4.78, 5) is 20.4. The van der Waals surface area contributed by atoms with Crippen LogP contribution in [0.4, 0.5) is 0 Å². The van der Waals surface area contributed by atoms with Gasteiger partial charge in [-0.3, -0.25) is 4.79 Å². The van der Waals surface area contributed by atoms with Gasteiger partial charge in [0.15, 0.2) is 0 Å². The minimum atomic E-state index is -0.109. The predicted molar refractivity (Wildman–Crippen MR) is 72.3 cm³/mol. The molecule has 1 N–H and O–H groups in total. The standard InChI is InChI=1S/C12H14N4OS/c1-3-16-7-9(15-8-16)4-5-11-14-6-10(18-11)12(17)13-2/h4-8H,3H2,1-2H3,(H,13,17)/b5-4+. The van der Waals surface area contributed by atoms with Crippen molar-refractivity contribution >= 4 is 29.4 Å². The highest BCUT2D eigenvalue weighted by Gasteiger charge is 2.06. The third kappa shape index (κ3) is 2.84. The second kappa shape index (κ2) is 5.59. The Kier molecular flexibility index (Phi) is 3.88. The van der Waals surface area contributed by atoms with Crippen molar-refractivity contribution in [2.24, 2.45) is 0 Å². The van der Waals surface area contributed by atoms with Crippen LogP contribution in [0.3, 0.4) is 0 Å². The van der Waals surface area contributed by atoms with Gasteiger partial charge in [-0.05, 0) is 19.1 Å². The largest absolute Gasteiger partial charge is 0.354 e. The zero-order valence-electron chi connectivity index (χ0n) is 10.3. The first-order valence-electron chi connectivity index (χ1n) is 5.60. The van der Waals surface area contributed by atoms with Crippen LogP contribution < -0.4 is 5.32 Å². The Labute approximate surface area is 109 Å². The number of hydrogen-bond donors (Lipinski definition) is 1. The Morgan fingerprint density at radius 2 is 2.33 bits per heavy atom. The number of rotatable bonds is 4. The highest BCUT2D eigenvalue weighted by atomic mass is 32.1. The van der Waals surface area contributed by atoms with Crippen molar-refractivity contribution in [2.75, 3.05) is 7.05 Å². The van der Waals surface area contributed by atoms with Gasteiger partial charge in [-0.15, -0.1) is 11.3 Å². The molecule has 2 aromatic heterocycles. The summed E-state index contributed by atoms with van der Waals surface area (Å²) in [6.45, 7) is 2.96. The smallest absolute Gasteiger partial charge is 0.262 e. The van der Waals surface area contributed by atoms with Gasteiger partial charge in [0.2, 0.25) is 0 Å². The van der Waals surface area contributed by atoms with Crippen LogP contribution in [0.2, 0.25) is 0 Å². The topological polar surface area (TPSA) is 59.8 Å². The zero-order chi connectivity index (χ0) is 13.0. The summed E-state index contributed by atoms with van der Waals surface area (Å²) in [7, 11) is 1.61. The summed E-state index contributed by atoms with van der Waals surface area (Å²) >= 11 is 1.35. The van der Waals surface area contributed by atoms with Crippen LogP contribution in [0.25, 0.3) is 12.2 Å². The van der Waals surface area contributed by atoms with Crippen molar-refractivity contribution in [1.82, 2.24) is 19.9 Å². The number of carbonyl (C=O) groups is 1. The molecular formula is C12H14N4OS. The Bertz CT molecular complexity index is 570. The van der Waals surface area contributed by atoms with Crippen molar-refractivity contribution in [3.05, 3.63) is 34.3 Å². The molecule has 2 aromatic rings. The first kappa shape index (κ1) is 12.5. The van der Waals surface area contributed by atoms with Crippen molar-refractivity contribution < 1.29 is 4.79 Å². The summed E-state index contributed by atoms with van der Waals surface area (Å²) in [5.74, 6) is -0.109. The monoisotopic (exact) mass is 262 g/mol. The maximum atomic E-state index is 11.4. The van der Waals surface area contributed by atoms with E-state index in [0.29, 0.717) is 4.88 Å². The molecule has 0 saturated carbocycles. The number of thiazole rings is 1. The van der Waals surface area contributed by atoms with Crippen molar-refractivity contribution in [3.63, 3.8) is 0 Å². The van der Waals surface area contributed by atoms with Crippen LogP contribution in [0.5, 0.6) is 0 Å². The van der Waals surface area contributed by atoms with Gasteiger partial charge in [0, 0.05) is 19.8 Å². The Morgan fingerprint density at radius 3 is 3.00 bits per heavy atom. The fourth-order valence-electron chi connectivity index (χ4n) is 1.39. The molecule has 94 valence electrons. The van der Waals surface area contributed by atoms with Gasteiger partial charge in [0.25, 0.3) is 5.91 Å². The van der Waals surface area contributed by atoms with E-state index in [1.165, 1.54) is 11.3 Å². The fraction of sp³-hybridized carbons (Fsp3) is 0.250. The minimum Gasteiger partial charge on any atom is -0.354 e. The highest BCUT2D eigenvalue weighted by Crippen LogP contribution is 2.15. The summed E-state index contributed by atoms with van der Waals surface area (Å²) < 4.78 is 2.00. The number of nitrogens with one attached hydrogen (secondary N) is 1. The molecule has 0 aliphatic carbocycles. The van der Waals surface area contributed by atoms with Crippen molar-refractivity contribution in [2.45, 2.75) is 13.5 Å². The third-order valence-corrected chi connectivity index (χ3v) is 3.35. The molecule has 0 aromatic carbocycles. The van der Waals surface area contributed by atoms with Gasteiger partial charge in [-0.2, -0.15) is 0 Å². The summed E-state index contributed by atoms with van der Waals surface area (Å²) in [5, 5.41) is 3.36. The Hall–Kier alpha value is -1.95. The predicted octanol–water partition coefficient (Wildman–Crippen LogP) is 1.89.